The Morgan fingerprint density at radius 1 is 1.03 bits per heavy atom. The number of hydrogen-bond donors (Lipinski definition) is 1. The zero-order chi connectivity index (χ0) is 22.9. The van der Waals surface area contributed by atoms with E-state index in [4.69, 9.17) is 9.47 Å². The fourth-order valence-electron chi connectivity index (χ4n) is 3.49. The molecule has 0 bridgehead atoms. The van der Waals surface area contributed by atoms with E-state index in [1.165, 1.54) is 11.4 Å². The highest BCUT2D eigenvalue weighted by atomic mass is 32.2. The van der Waals surface area contributed by atoms with E-state index in [9.17, 15) is 13.2 Å². The summed E-state index contributed by atoms with van der Waals surface area (Å²) in [4.78, 5) is 13.2. The maximum absolute atomic E-state index is 13.5. The van der Waals surface area contributed by atoms with Crippen LogP contribution in [-0.4, -0.2) is 34.1 Å². The van der Waals surface area contributed by atoms with E-state index in [2.05, 4.69) is 5.32 Å². The summed E-state index contributed by atoms with van der Waals surface area (Å²) < 4.78 is 39.3. The lowest BCUT2D eigenvalue weighted by molar-refractivity contribution is -0.122. The Morgan fingerprint density at radius 2 is 1.75 bits per heavy atom. The van der Waals surface area contributed by atoms with Crippen molar-refractivity contribution in [2.24, 2.45) is 0 Å². The van der Waals surface area contributed by atoms with E-state index in [1.807, 2.05) is 19.9 Å². The van der Waals surface area contributed by atoms with Crippen molar-refractivity contribution < 1.29 is 22.7 Å². The fraction of sp³-hybridized carbons (Fsp3) is 0.208. The molecule has 0 radical (unpaired) electrons. The highest BCUT2D eigenvalue weighted by Crippen LogP contribution is 2.38. The quantitative estimate of drug-likeness (QED) is 0.635. The molecule has 8 heteroatoms. The van der Waals surface area contributed by atoms with E-state index >= 15 is 0 Å². The Balaban J connectivity index is 1.68. The molecule has 1 atom stereocenters. The molecule has 1 aliphatic heterocycles. The molecule has 3 aromatic carbocycles. The van der Waals surface area contributed by atoms with Crippen LogP contribution in [0, 0.1) is 13.8 Å². The third kappa shape index (κ3) is 4.27. The van der Waals surface area contributed by atoms with Crippen LogP contribution < -0.4 is 19.1 Å². The van der Waals surface area contributed by atoms with Gasteiger partial charge in [0, 0.05) is 11.8 Å². The predicted molar refractivity (Wildman–Crippen MR) is 123 cm³/mol. The summed E-state index contributed by atoms with van der Waals surface area (Å²) in [6.45, 7) is 3.62. The third-order valence-electron chi connectivity index (χ3n) is 5.22. The van der Waals surface area contributed by atoms with E-state index in [0.29, 0.717) is 22.9 Å². The van der Waals surface area contributed by atoms with E-state index in [0.717, 1.165) is 11.1 Å². The van der Waals surface area contributed by atoms with Gasteiger partial charge in [0.1, 0.15) is 11.5 Å². The number of carbonyl (C=O) groups is 1. The van der Waals surface area contributed by atoms with Crippen LogP contribution in [0.2, 0.25) is 0 Å². The van der Waals surface area contributed by atoms with Crippen LogP contribution in [0.15, 0.2) is 71.6 Å². The van der Waals surface area contributed by atoms with Gasteiger partial charge in [-0.25, -0.2) is 8.42 Å². The topological polar surface area (TPSA) is 84.9 Å². The minimum atomic E-state index is -3.90. The van der Waals surface area contributed by atoms with Gasteiger partial charge in [-0.3, -0.25) is 9.10 Å². The van der Waals surface area contributed by atoms with Gasteiger partial charge in [-0.15, -0.1) is 0 Å². The number of ether oxygens (including phenoxy) is 2. The second-order valence-corrected chi connectivity index (χ2v) is 9.51. The number of sulfonamides is 1. The van der Waals surface area contributed by atoms with Crippen LogP contribution in [0.5, 0.6) is 11.5 Å². The minimum absolute atomic E-state index is 0.151. The van der Waals surface area contributed by atoms with Gasteiger partial charge in [0.25, 0.3) is 15.9 Å². The summed E-state index contributed by atoms with van der Waals surface area (Å²) in [6, 6.07) is 18.8. The van der Waals surface area contributed by atoms with Crippen LogP contribution >= 0.6 is 0 Å². The SMILES string of the molecule is COc1cccc(NC(=O)[C@H]2CN(S(=O)(=O)c3ccc(C)cc3)c3ccc(C)cc3O2)c1. The zero-order valence-corrected chi connectivity index (χ0v) is 18.8. The van der Waals surface area contributed by atoms with Crippen molar-refractivity contribution in [3.05, 3.63) is 77.9 Å². The standard InChI is InChI=1S/C24H24N2O5S/c1-16-7-10-20(11-8-16)32(28,29)26-15-23(31-22-13-17(2)9-12-21(22)26)24(27)25-18-5-4-6-19(14-18)30-3/h4-14,23H,15H2,1-3H3,(H,25,27)/t23-/m1/s1. The maximum atomic E-state index is 13.5. The Kier molecular flexibility index (Phi) is 5.80. The maximum Gasteiger partial charge on any atom is 0.267 e. The molecule has 1 aliphatic rings. The number of rotatable bonds is 5. The first-order valence-electron chi connectivity index (χ1n) is 10.1. The normalized spacial score (nSPS) is 15.5. The van der Waals surface area contributed by atoms with Gasteiger partial charge in [-0.2, -0.15) is 0 Å². The van der Waals surface area contributed by atoms with Crippen LogP contribution in [0.1, 0.15) is 11.1 Å². The molecule has 0 saturated heterocycles. The average molecular weight is 453 g/mol. The number of amides is 1. The molecule has 7 nitrogen and oxygen atoms in total. The van der Waals surface area contributed by atoms with Gasteiger partial charge in [-0.1, -0.05) is 29.8 Å². The van der Waals surface area contributed by atoms with Crippen molar-refractivity contribution in [3.8, 4) is 11.5 Å². The molecule has 1 heterocycles. The highest BCUT2D eigenvalue weighted by molar-refractivity contribution is 7.92. The number of aryl methyl sites for hydroxylation is 2. The number of fused-ring (bicyclic) bond motifs is 1. The largest absolute Gasteiger partial charge is 0.497 e. The van der Waals surface area contributed by atoms with Gasteiger partial charge in [0.15, 0.2) is 6.10 Å². The lowest BCUT2D eigenvalue weighted by Crippen LogP contribution is -2.48. The van der Waals surface area contributed by atoms with Gasteiger partial charge < -0.3 is 14.8 Å². The number of nitrogens with one attached hydrogen (secondary N) is 1. The second kappa shape index (κ2) is 8.55. The van der Waals surface area contributed by atoms with Crippen molar-refractivity contribution >= 4 is 27.3 Å². The van der Waals surface area contributed by atoms with Crippen LogP contribution in [0.25, 0.3) is 0 Å². The molecule has 0 aliphatic carbocycles. The molecule has 0 saturated carbocycles. The Bertz CT molecular complexity index is 1260. The molecule has 0 unspecified atom stereocenters. The molecule has 3 aromatic rings. The van der Waals surface area contributed by atoms with Gasteiger partial charge in [-0.05, 0) is 55.8 Å². The molecular formula is C24H24N2O5S. The number of benzene rings is 3. The van der Waals surface area contributed by atoms with Gasteiger partial charge in [0.05, 0.1) is 24.2 Å². The molecule has 1 amide bonds. The first-order chi connectivity index (χ1) is 15.3. The second-order valence-electron chi connectivity index (χ2n) is 7.65. The minimum Gasteiger partial charge on any atom is -0.497 e. The molecular weight excluding hydrogens is 428 g/mol. The number of methoxy groups -OCH3 is 1. The fourth-order valence-corrected chi connectivity index (χ4v) is 4.96. The Hall–Kier alpha value is -3.52. The van der Waals surface area contributed by atoms with Gasteiger partial charge in [0.2, 0.25) is 0 Å². The van der Waals surface area contributed by atoms with Crippen LogP contribution in [0.4, 0.5) is 11.4 Å². The highest BCUT2D eigenvalue weighted by Gasteiger charge is 2.37. The lowest BCUT2D eigenvalue weighted by atomic mass is 10.1. The van der Waals surface area contributed by atoms with Crippen molar-refractivity contribution in [2.75, 3.05) is 23.3 Å². The average Bonchev–Trinajstić information content (AvgIpc) is 2.78. The molecule has 166 valence electrons. The molecule has 1 N–H and O–H groups in total. The molecule has 32 heavy (non-hydrogen) atoms. The number of anilines is 2. The molecule has 0 spiro atoms. The summed E-state index contributed by atoms with van der Waals surface area (Å²) in [7, 11) is -2.36. The van der Waals surface area contributed by atoms with E-state index in [1.54, 1.807) is 60.7 Å². The van der Waals surface area contributed by atoms with Gasteiger partial charge >= 0.3 is 0 Å². The first kappa shape index (κ1) is 21.7. The van der Waals surface area contributed by atoms with E-state index < -0.39 is 22.0 Å². The number of carbonyl (C=O) groups excluding carboxylic acids is 1. The van der Waals surface area contributed by atoms with Crippen LogP contribution in [0.3, 0.4) is 0 Å². The summed E-state index contributed by atoms with van der Waals surface area (Å²) in [5.41, 5.74) is 2.78. The Morgan fingerprint density at radius 3 is 2.47 bits per heavy atom. The summed E-state index contributed by atoms with van der Waals surface area (Å²) in [5.74, 6) is 0.490. The molecule has 0 aromatic heterocycles. The predicted octanol–water partition coefficient (Wildman–Crippen LogP) is 3.91. The van der Waals surface area contributed by atoms with Crippen molar-refractivity contribution in [1.29, 1.82) is 0 Å². The Labute approximate surface area is 187 Å². The summed E-state index contributed by atoms with van der Waals surface area (Å²) in [6.07, 6.45) is -1.03. The summed E-state index contributed by atoms with van der Waals surface area (Å²) in [5, 5.41) is 2.79. The molecule has 4 rings (SSSR count). The van der Waals surface area contributed by atoms with E-state index in [-0.39, 0.29) is 11.4 Å². The lowest BCUT2D eigenvalue weighted by Gasteiger charge is -2.35. The first-order valence-corrected chi connectivity index (χ1v) is 11.5. The molecule has 0 fully saturated rings. The number of nitrogens with zero attached hydrogens (tertiary/aromatic N) is 1. The number of hydrogen-bond acceptors (Lipinski definition) is 5. The van der Waals surface area contributed by atoms with Crippen molar-refractivity contribution in [1.82, 2.24) is 0 Å². The monoisotopic (exact) mass is 452 g/mol. The van der Waals surface area contributed by atoms with Crippen LogP contribution in [-0.2, 0) is 14.8 Å². The van der Waals surface area contributed by atoms with Crippen molar-refractivity contribution in [2.45, 2.75) is 24.8 Å². The zero-order valence-electron chi connectivity index (χ0n) is 18.0. The summed E-state index contributed by atoms with van der Waals surface area (Å²) >= 11 is 0. The smallest absolute Gasteiger partial charge is 0.267 e. The third-order valence-corrected chi connectivity index (χ3v) is 7.02. The van der Waals surface area contributed by atoms with Crippen molar-refractivity contribution in [3.63, 3.8) is 0 Å².